The van der Waals surface area contributed by atoms with Gasteiger partial charge in [-0.05, 0) is 11.4 Å². The SMILES string of the molecule is C=CCn1c(SCC(=O)OC)nc2scc(-c3cccs3)c2c1=O. The molecule has 124 valence electrons. The van der Waals surface area contributed by atoms with Crippen LogP contribution in [-0.2, 0) is 16.1 Å². The third kappa shape index (κ3) is 3.17. The van der Waals surface area contributed by atoms with Crippen molar-refractivity contribution in [2.24, 2.45) is 0 Å². The maximum absolute atomic E-state index is 13.0. The zero-order valence-corrected chi connectivity index (χ0v) is 15.3. The molecule has 0 N–H and O–H groups in total. The van der Waals surface area contributed by atoms with Crippen LogP contribution in [0.1, 0.15) is 0 Å². The first-order chi connectivity index (χ1) is 11.7. The van der Waals surface area contributed by atoms with Gasteiger partial charge in [-0.15, -0.1) is 29.3 Å². The largest absolute Gasteiger partial charge is 0.468 e. The fraction of sp³-hybridized carbons (Fsp3) is 0.188. The highest BCUT2D eigenvalue weighted by Crippen LogP contribution is 2.34. The zero-order chi connectivity index (χ0) is 17.1. The topological polar surface area (TPSA) is 61.2 Å². The van der Waals surface area contributed by atoms with Crippen molar-refractivity contribution in [3.05, 3.63) is 45.9 Å². The highest BCUT2D eigenvalue weighted by atomic mass is 32.2. The van der Waals surface area contributed by atoms with Crippen LogP contribution in [0.4, 0.5) is 0 Å². The molecule has 0 fully saturated rings. The molecule has 0 saturated heterocycles. The second-order valence-electron chi connectivity index (χ2n) is 4.77. The predicted octanol–water partition coefficient (Wildman–Crippen LogP) is 3.64. The maximum Gasteiger partial charge on any atom is 0.316 e. The fourth-order valence-electron chi connectivity index (χ4n) is 2.20. The van der Waals surface area contributed by atoms with Crippen molar-refractivity contribution in [2.45, 2.75) is 11.7 Å². The molecule has 0 atom stereocenters. The predicted molar refractivity (Wildman–Crippen MR) is 100 cm³/mol. The summed E-state index contributed by atoms with van der Waals surface area (Å²) in [4.78, 5) is 30.7. The highest BCUT2D eigenvalue weighted by molar-refractivity contribution is 7.99. The highest BCUT2D eigenvalue weighted by Gasteiger charge is 2.18. The first-order valence-electron chi connectivity index (χ1n) is 7.02. The third-order valence-corrected chi connectivity index (χ3v) is 6.03. The third-order valence-electron chi connectivity index (χ3n) is 3.30. The molecule has 3 aromatic rings. The van der Waals surface area contributed by atoms with Gasteiger partial charge in [0.2, 0.25) is 0 Å². The summed E-state index contributed by atoms with van der Waals surface area (Å²) >= 11 is 4.22. The minimum Gasteiger partial charge on any atom is -0.468 e. The van der Waals surface area contributed by atoms with Crippen molar-refractivity contribution in [3.63, 3.8) is 0 Å². The molecule has 0 aliphatic carbocycles. The number of ether oxygens (including phenoxy) is 1. The molecule has 3 aromatic heterocycles. The van der Waals surface area contributed by atoms with E-state index in [0.29, 0.717) is 21.9 Å². The molecule has 0 aromatic carbocycles. The average Bonchev–Trinajstić information content (AvgIpc) is 3.24. The van der Waals surface area contributed by atoms with E-state index in [4.69, 9.17) is 0 Å². The van der Waals surface area contributed by atoms with E-state index >= 15 is 0 Å². The van der Waals surface area contributed by atoms with Gasteiger partial charge in [0.15, 0.2) is 5.16 Å². The lowest BCUT2D eigenvalue weighted by molar-refractivity contribution is -0.137. The molecule has 0 radical (unpaired) electrons. The van der Waals surface area contributed by atoms with E-state index < -0.39 is 0 Å². The Morgan fingerprint density at radius 2 is 2.33 bits per heavy atom. The first kappa shape index (κ1) is 16.9. The Labute approximate surface area is 150 Å². The van der Waals surface area contributed by atoms with Crippen molar-refractivity contribution in [2.75, 3.05) is 12.9 Å². The maximum atomic E-state index is 13.0. The van der Waals surface area contributed by atoms with Crippen molar-refractivity contribution >= 4 is 50.6 Å². The van der Waals surface area contributed by atoms with Gasteiger partial charge in [-0.3, -0.25) is 14.2 Å². The molecular formula is C16H14N2O3S3. The van der Waals surface area contributed by atoms with Crippen LogP contribution in [-0.4, -0.2) is 28.4 Å². The fourth-order valence-corrected chi connectivity index (χ4v) is 4.85. The summed E-state index contributed by atoms with van der Waals surface area (Å²) in [6.07, 6.45) is 1.65. The smallest absolute Gasteiger partial charge is 0.316 e. The number of hydrogen-bond donors (Lipinski definition) is 0. The minimum atomic E-state index is -0.357. The van der Waals surface area contributed by atoms with E-state index in [9.17, 15) is 9.59 Å². The average molecular weight is 379 g/mol. The van der Waals surface area contributed by atoms with Crippen molar-refractivity contribution < 1.29 is 9.53 Å². The Morgan fingerprint density at radius 1 is 1.50 bits per heavy atom. The molecular weight excluding hydrogens is 364 g/mol. The lowest BCUT2D eigenvalue weighted by Crippen LogP contribution is -2.23. The quantitative estimate of drug-likeness (QED) is 0.284. The minimum absolute atomic E-state index is 0.106. The van der Waals surface area contributed by atoms with Gasteiger partial charge in [0.05, 0.1) is 18.2 Å². The van der Waals surface area contributed by atoms with Crippen LogP contribution in [0.2, 0.25) is 0 Å². The molecule has 24 heavy (non-hydrogen) atoms. The monoisotopic (exact) mass is 378 g/mol. The Kier molecular flexibility index (Phi) is 5.17. The first-order valence-corrected chi connectivity index (χ1v) is 9.76. The van der Waals surface area contributed by atoms with Gasteiger partial charge in [0, 0.05) is 22.4 Å². The molecule has 0 spiro atoms. The number of esters is 1. The summed E-state index contributed by atoms with van der Waals surface area (Å²) in [7, 11) is 1.34. The lowest BCUT2D eigenvalue weighted by Gasteiger charge is -2.10. The number of hydrogen-bond acceptors (Lipinski definition) is 7. The van der Waals surface area contributed by atoms with Crippen LogP contribution in [0.15, 0.2) is 45.5 Å². The molecule has 0 saturated carbocycles. The molecule has 0 bridgehead atoms. The van der Waals surface area contributed by atoms with E-state index in [1.54, 1.807) is 22.0 Å². The van der Waals surface area contributed by atoms with Gasteiger partial charge in [-0.1, -0.05) is 23.9 Å². The van der Waals surface area contributed by atoms with Crippen LogP contribution in [0.5, 0.6) is 0 Å². The number of allylic oxidation sites excluding steroid dienone is 1. The molecule has 0 aliphatic heterocycles. The number of thioether (sulfide) groups is 1. The number of aromatic nitrogens is 2. The molecule has 8 heteroatoms. The number of thiophene rings is 2. The van der Waals surface area contributed by atoms with Gasteiger partial charge in [0.1, 0.15) is 4.83 Å². The number of nitrogens with zero attached hydrogens (tertiary/aromatic N) is 2. The van der Waals surface area contributed by atoms with Crippen LogP contribution in [0, 0.1) is 0 Å². The molecule has 3 rings (SSSR count). The van der Waals surface area contributed by atoms with E-state index in [2.05, 4.69) is 16.3 Å². The number of rotatable bonds is 6. The van der Waals surface area contributed by atoms with E-state index in [-0.39, 0.29) is 17.3 Å². The summed E-state index contributed by atoms with van der Waals surface area (Å²) in [5, 5.41) is 5.05. The van der Waals surface area contributed by atoms with Crippen LogP contribution in [0.3, 0.4) is 0 Å². The molecule has 0 amide bonds. The van der Waals surface area contributed by atoms with E-state index in [1.165, 1.54) is 30.2 Å². The summed E-state index contributed by atoms with van der Waals surface area (Å²) in [5.41, 5.74) is 0.793. The number of carbonyl (C=O) groups excluding carboxylic acids is 1. The molecule has 0 unspecified atom stereocenters. The Balaban J connectivity index is 2.13. The van der Waals surface area contributed by atoms with Gasteiger partial charge in [-0.25, -0.2) is 4.98 Å². The number of carbonyl (C=O) groups is 1. The summed E-state index contributed by atoms with van der Waals surface area (Å²) in [5.74, 6) is -0.251. The summed E-state index contributed by atoms with van der Waals surface area (Å²) < 4.78 is 6.20. The number of fused-ring (bicyclic) bond motifs is 1. The Bertz CT molecular complexity index is 942. The molecule has 3 heterocycles. The van der Waals surface area contributed by atoms with Crippen LogP contribution in [0.25, 0.3) is 20.7 Å². The molecule has 0 aliphatic rings. The Morgan fingerprint density at radius 3 is 3.00 bits per heavy atom. The normalized spacial score (nSPS) is 10.9. The second-order valence-corrected chi connectivity index (χ2v) is 7.52. The molecule has 5 nitrogen and oxygen atoms in total. The van der Waals surface area contributed by atoms with Gasteiger partial charge in [0.25, 0.3) is 5.56 Å². The van der Waals surface area contributed by atoms with E-state index in [1.807, 2.05) is 22.9 Å². The van der Waals surface area contributed by atoms with Crippen molar-refractivity contribution in [1.29, 1.82) is 0 Å². The zero-order valence-electron chi connectivity index (χ0n) is 12.9. The standard InChI is InChI=1S/C16H14N2O3S3/c1-3-6-18-15(20)13-10(11-5-4-7-22-11)8-23-14(13)17-16(18)24-9-12(19)21-2/h3-5,7-8H,1,6,9H2,2H3. The van der Waals surface area contributed by atoms with Gasteiger partial charge >= 0.3 is 5.97 Å². The number of methoxy groups -OCH3 is 1. The van der Waals surface area contributed by atoms with Crippen LogP contribution >= 0.6 is 34.4 Å². The summed E-state index contributed by atoms with van der Waals surface area (Å²) in [6, 6.07) is 3.95. The van der Waals surface area contributed by atoms with E-state index in [0.717, 1.165) is 10.4 Å². The van der Waals surface area contributed by atoms with Gasteiger partial charge < -0.3 is 4.74 Å². The van der Waals surface area contributed by atoms with Gasteiger partial charge in [-0.2, -0.15) is 0 Å². The van der Waals surface area contributed by atoms with Crippen molar-refractivity contribution in [3.8, 4) is 10.4 Å². The summed E-state index contributed by atoms with van der Waals surface area (Å²) in [6.45, 7) is 4.04. The Hall–Kier alpha value is -1.90. The van der Waals surface area contributed by atoms with Crippen molar-refractivity contribution in [1.82, 2.24) is 9.55 Å². The lowest BCUT2D eigenvalue weighted by atomic mass is 10.2. The second kappa shape index (κ2) is 7.33. The van der Waals surface area contributed by atoms with Crippen LogP contribution < -0.4 is 5.56 Å².